The molecule has 0 aliphatic carbocycles. The van der Waals surface area contributed by atoms with E-state index in [1.165, 1.54) is 50.3 Å². The van der Waals surface area contributed by atoms with E-state index >= 15 is 0 Å². The Balaban J connectivity index is 1.74. The van der Waals surface area contributed by atoms with E-state index in [-0.39, 0.29) is 0 Å². The second-order valence-electron chi connectivity index (χ2n) is 6.93. The van der Waals surface area contributed by atoms with Crippen LogP contribution in [0.4, 0.5) is 5.69 Å². The number of hydrogen-bond acceptors (Lipinski definition) is 3. The van der Waals surface area contributed by atoms with Crippen molar-refractivity contribution >= 4 is 5.69 Å². The standard InChI is InChI=1S/C18H29N3/c1-15(2)13-21-9-3-4-17-6-5-16(12-18(17)21)14-20-10-7-19-8-11-20/h5-6,12,15,19H,3-4,7-11,13-14H2,1-2H3. The van der Waals surface area contributed by atoms with E-state index in [0.29, 0.717) is 0 Å². The predicted molar refractivity (Wildman–Crippen MR) is 90.0 cm³/mol. The summed E-state index contributed by atoms with van der Waals surface area (Å²) in [6.45, 7) is 12.8. The molecule has 116 valence electrons. The van der Waals surface area contributed by atoms with Crippen molar-refractivity contribution in [2.75, 3.05) is 44.2 Å². The van der Waals surface area contributed by atoms with Crippen LogP contribution in [-0.2, 0) is 13.0 Å². The molecule has 1 saturated heterocycles. The van der Waals surface area contributed by atoms with Crippen molar-refractivity contribution in [3.05, 3.63) is 29.3 Å². The van der Waals surface area contributed by atoms with E-state index in [1.54, 1.807) is 5.56 Å². The van der Waals surface area contributed by atoms with Gasteiger partial charge in [-0.1, -0.05) is 26.0 Å². The van der Waals surface area contributed by atoms with Crippen molar-refractivity contribution in [3.63, 3.8) is 0 Å². The lowest BCUT2D eigenvalue weighted by Crippen LogP contribution is -2.42. The van der Waals surface area contributed by atoms with Gasteiger partial charge in [0.15, 0.2) is 0 Å². The highest BCUT2D eigenvalue weighted by molar-refractivity contribution is 5.57. The fraction of sp³-hybridized carbons (Fsp3) is 0.667. The highest BCUT2D eigenvalue weighted by Crippen LogP contribution is 2.29. The van der Waals surface area contributed by atoms with E-state index < -0.39 is 0 Å². The molecule has 0 atom stereocenters. The number of benzene rings is 1. The summed E-state index contributed by atoms with van der Waals surface area (Å²) in [5.74, 6) is 0.729. The van der Waals surface area contributed by atoms with Gasteiger partial charge in [-0.05, 0) is 36.0 Å². The topological polar surface area (TPSA) is 18.5 Å². The normalized spacial score (nSPS) is 19.9. The number of fused-ring (bicyclic) bond motifs is 1. The molecule has 0 aromatic heterocycles. The SMILES string of the molecule is CC(C)CN1CCCc2ccc(CN3CCNCC3)cc21. The molecule has 3 heteroatoms. The number of piperazine rings is 1. The Kier molecular flexibility index (Phi) is 4.81. The van der Waals surface area contributed by atoms with Gasteiger partial charge in [0.25, 0.3) is 0 Å². The average Bonchev–Trinajstić information content (AvgIpc) is 2.48. The van der Waals surface area contributed by atoms with Crippen LogP contribution in [0.15, 0.2) is 18.2 Å². The first kappa shape index (κ1) is 14.9. The second kappa shape index (κ2) is 6.80. The highest BCUT2D eigenvalue weighted by Gasteiger charge is 2.18. The molecule has 0 amide bonds. The number of anilines is 1. The Morgan fingerprint density at radius 2 is 1.95 bits per heavy atom. The van der Waals surface area contributed by atoms with Crippen molar-refractivity contribution in [2.45, 2.75) is 33.2 Å². The van der Waals surface area contributed by atoms with Crippen molar-refractivity contribution in [1.82, 2.24) is 10.2 Å². The number of rotatable bonds is 4. The maximum atomic E-state index is 3.43. The number of aryl methyl sites for hydroxylation is 1. The summed E-state index contributed by atoms with van der Waals surface area (Å²) < 4.78 is 0. The summed E-state index contributed by atoms with van der Waals surface area (Å²) in [6, 6.07) is 7.18. The zero-order chi connectivity index (χ0) is 14.7. The van der Waals surface area contributed by atoms with Gasteiger partial charge >= 0.3 is 0 Å². The third-order valence-corrected chi connectivity index (χ3v) is 4.57. The van der Waals surface area contributed by atoms with Crippen molar-refractivity contribution < 1.29 is 0 Å². The van der Waals surface area contributed by atoms with Gasteiger partial charge < -0.3 is 10.2 Å². The lowest BCUT2D eigenvalue weighted by Gasteiger charge is -2.34. The van der Waals surface area contributed by atoms with Crippen molar-refractivity contribution in [2.24, 2.45) is 5.92 Å². The highest BCUT2D eigenvalue weighted by atomic mass is 15.2. The summed E-state index contributed by atoms with van der Waals surface area (Å²) in [7, 11) is 0. The monoisotopic (exact) mass is 287 g/mol. The van der Waals surface area contributed by atoms with E-state index in [4.69, 9.17) is 0 Å². The smallest absolute Gasteiger partial charge is 0.0402 e. The maximum Gasteiger partial charge on any atom is 0.0402 e. The van der Waals surface area contributed by atoms with Crippen LogP contribution in [-0.4, -0.2) is 44.2 Å². The number of nitrogens with one attached hydrogen (secondary N) is 1. The largest absolute Gasteiger partial charge is 0.371 e. The Hall–Kier alpha value is -1.06. The van der Waals surface area contributed by atoms with Gasteiger partial charge in [-0.3, -0.25) is 4.90 Å². The lowest BCUT2D eigenvalue weighted by molar-refractivity contribution is 0.233. The van der Waals surface area contributed by atoms with Gasteiger partial charge in [-0.2, -0.15) is 0 Å². The number of hydrogen-bond donors (Lipinski definition) is 1. The summed E-state index contributed by atoms with van der Waals surface area (Å²) in [5.41, 5.74) is 4.53. The van der Waals surface area contributed by atoms with Gasteiger partial charge in [-0.15, -0.1) is 0 Å². The van der Waals surface area contributed by atoms with Gasteiger partial charge in [0.2, 0.25) is 0 Å². The first-order valence-corrected chi connectivity index (χ1v) is 8.52. The molecule has 2 aliphatic heterocycles. The predicted octanol–water partition coefficient (Wildman–Crippen LogP) is 2.50. The van der Waals surface area contributed by atoms with Crippen LogP contribution in [0.3, 0.4) is 0 Å². The van der Waals surface area contributed by atoms with E-state index in [9.17, 15) is 0 Å². The Bertz CT molecular complexity index is 464. The van der Waals surface area contributed by atoms with Gasteiger partial charge in [-0.25, -0.2) is 0 Å². The molecular weight excluding hydrogens is 258 g/mol. The van der Waals surface area contributed by atoms with Crippen LogP contribution in [0.25, 0.3) is 0 Å². The molecule has 0 radical (unpaired) electrons. The van der Waals surface area contributed by atoms with E-state index in [0.717, 1.165) is 25.6 Å². The first-order valence-electron chi connectivity index (χ1n) is 8.52. The van der Waals surface area contributed by atoms with Crippen LogP contribution in [0.1, 0.15) is 31.4 Å². The second-order valence-corrected chi connectivity index (χ2v) is 6.93. The quantitative estimate of drug-likeness (QED) is 0.918. The van der Waals surface area contributed by atoms with Crippen LogP contribution in [0, 0.1) is 5.92 Å². The molecule has 3 rings (SSSR count). The molecule has 3 nitrogen and oxygen atoms in total. The third-order valence-electron chi connectivity index (χ3n) is 4.57. The fourth-order valence-corrected chi connectivity index (χ4v) is 3.55. The molecule has 2 aliphatic rings. The molecule has 1 fully saturated rings. The third kappa shape index (κ3) is 3.78. The Morgan fingerprint density at radius 3 is 2.71 bits per heavy atom. The average molecular weight is 287 g/mol. The molecule has 0 bridgehead atoms. The van der Waals surface area contributed by atoms with Gasteiger partial charge in [0, 0.05) is 51.5 Å². The van der Waals surface area contributed by atoms with Crippen molar-refractivity contribution in [3.8, 4) is 0 Å². The minimum Gasteiger partial charge on any atom is -0.371 e. The summed E-state index contributed by atoms with van der Waals surface area (Å²) in [6.07, 6.45) is 2.55. The van der Waals surface area contributed by atoms with E-state index in [2.05, 4.69) is 47.2 Å². The minimum absolute atomic E-state index is 0.729. The molecular formula is C18H29N3. The summed E-state index contributed by atoms with van der Waals surface area (Å²) in [4.78, 5) is 5.17. The minimum atomic E-state index is 0.729. The molecule has 0 spiro atoms. The zero-order valence-electron chi connectivity index (χ0n) is 13.6. The van der Waals surface area contributed by atoms with Gasteiger partial charge in [0.1, 0.15) is 0 Å². The number of nitrogens with zero attached hydrogens (tertiary/aromatic N) is 2. The van der Waals surface area contributed by atoms with Crippen LogP contribution in [0.2, 0.25) is 0 Å². The summed E-state index contributed by atoms with van der Waals surface area (Å²) >= 11 is 0. The Morgan fingerprint density at radius 1 is 1.14 bits per heavy atom. The molecule has 0 unspecified atom stereocenters. The lowest BCUT2D eigenvalue weighted by atomic mass is 9.98. The van der Waals surface area contributed by atoms with Crippen LogP contribution < -0.4 is 10.2 Å². The summed E-state index contributed by atoms with van der Waals surface area (Å²) in [5, 5.41) is 3.43. The van der Waals surface area contributed by atoms with Crippen LogP contribution >= 0.6 is 0 Å². The Labute approximate surface area is 129 Å². The molecule has 1 aromatic rings. The molecule has 1 aromatic carbocycles. The zero-order valence-corrected chi connectivity index (χ0v) is 13.6. The first-order chi connectivity index (χ1) is 10.2. The maximum absolute atomic E-state index is 3.43. The molecule has 1 N–H and O–H groups in total. The fourth-order valence-electron chi connectivity index (χ4n) is 3.55. The molecule has 21 heavy (non-hydrogen) atoms. The molecule has 0 saturated carbocycles. The van der Waals surface area contributed by atoms with E-state index in [1.807, 2.05) is 0 Å². The molecule has 2 heterocycles. The van der Waals surface area contributed by atoms with Gasteiger partial charge in [0.05, 0.1) is 0 Å². The van der Waals surface area contributed by atoms with Crippen molar-refractivity contribution in [1.29, 1.82) is 0 Å². The van der Waals surface area contributed by atoms with Crippen LogP contribution in [0.5, 0.6) is 0 Å².